The van der Waals surface area contributed by atoms with Gasteiger partial charge in [0.05, 0.1) is 4.90 Å². The maximum atomic E-state index is 13.4. The summed E-state index contributed by atoms with van der Waals surface area (Å²) in [5.41, 5.74) is 4.19. The third-order valence-corrected chi connectivity index (χ3v) is 9.02. The molecule has 2 atom stereocenters. The predicted molar refractivity (Wildman–Crippen MR) is 118 cm³/mol. The topological polar surface area (TPSA) is 90.5 Å². The number of aromatic amines is 1. The molecule has 0 radical (unpaired) electrons. The summed E-state index contributed by atoms with van der Waals surface area (Å²) < 4.78 is 24.9. The summed E-state index contributed by atoms with van der Waals surface area (Å²) in [6, 6.07) is 14.1. The molecular weight excluding hydrogens is 400 g/mol. The molecular formula is C23H26N2O4S. The number of rotatable bonds is 5. The Morgan fingerprint density at radius 3 is 2.50 bits per heavy atom. The monoisotopic (exact) mass is 426 g/mol. The number of sulfone groups is 1. The van der Waals surface area contributed by atoms with E-state index >= 15 is 0 Å². The molecule has 0 spiro atoms. The van der Waals surface area contributed by atoms with Crippen molar-refractivity contribution in [1.82, 2.24) is 4.98 Å². The van der Waals surface area contributed by atoms with Gasteiger partial charge in [0.2, 0.25) is 0 Å². The molecule has 0 aliphatic heterocycles. The molecule has 3 aromatic rings. The molecule has 158 valence electrons. The number of hydrogen-bond acceptors (Lipinski definition) is 4. The zero-order valence-corrected chi connectivity index (χ0v) is 18.2. The van der Waals surface area contributed by atoms with Crippen LogP contribution in [0.25, 0.3) is 10.9 Å². The van der Waals surface area contributed by atoms with Gasteiger partial charge in [-0.15, -0.1) is 0 Å². The Bertz CT molecular complexity index is 1210. The van der Waals surface area contributed by atoms with Crippen LogP contribution < -0.4 is 4.90 Å². The molecule has 0 saturated heterocycles. The van der Waals surface area contributed by atoms with E-state index in [-0.39, 0.29) is 4.90 Å². The van der Waals surface area contributed by atoms with Crippen LogP contribution in [0.2, 0.25) is 0 Å². The molecule has 6 nitrogen and oxygen atoms in total. The van der Waals surface area contributed by atoms with Crippen molar-refractivity contribution in [2.45, 2.75) is 35.8 Å². The maximum absolute atomic E-state index is 13.4. The Morgan fingerprint density at radius 2 is 1.87 bits per heavy atom. The van der Waals surface area contributed by atoms with Crippen LogP contribution in [-0.4, -0.2) is 43.3 Å². The smallest absolute Gasteiger partial charge is 0.325 e. The summed E-state index contributed by atoms with van der Waals surface area (Å²) in [6.45, 7) is 1.36. The minimum absolute atomic E-state index is 0.0490. The lowest BCUT2D eigenvalue weighted by Crippen LogP contribution is -2.51. The first-order valence-corrected chi connectivity index (χ1v) is 11.5. The standard InChI is InChI=1S/C23H26N2O4S/c1-23(22(26)27,30(28,29)17-7-5-4-6-8-17)15-9-11-18-19-14-16(25(2)3)10-12-20(19)24-21(18)13-15/h4-8,10,12,14-15,24H,9,11,13H2,1-3H3,(H,26,27). The molecule has 2 aromatic carbocycles. The van der Waals surface area contributed by atoms with E-state index in [2.05, 4.69) is 11.1 Å². The molecule has 30 heavy (non-hydrogen) atoms. The number of aromatic nitrogens is 1. The molecule has 7 heteroatoms. The molecule has 2 unspecified atom stereocenters. The van der Waals surface area contributed by atoms with E-state index in [9.17, 15) is 18.3 Å². The van der Waals surface area contributed by atoms with E-state index in [4.69, 9.17) is 0 Å². The Kier molecular flexibility index (Phi) is 4.89. The van der Waals surface area contributed by atoms with Crippen LogP contribution >= 0.6 is 0 Å². The average Bonchev–Trinajstić information content (AvgIpc) is 3.10. The molecule has 4 rings (SSSR count). The van der Waals surface area contributed by atoms with Gasteiger partial charge >= 0.3 is 5.97 Å². The van der Waals surface area contributed by atoms with Crippen molar-refractivity contribution in [2.75, 3.05) is 19.0 Å². The first-order valence-electron chi connectivity index (χ1n) is 10.00. The molecule has 0 fully saturated rings. The van der Waals surface area contributed by atoms with Crippen LogP contribution in [0.5, 0.6) is 0 Å². The highest BCUT2D eigenvalue weighted by Crippen LogP contribution is 2.42. The third kappa shape index (κ3) is 2.99. The number of carbonyl (C=O) groups is 1. The number of aryl methyl sites for hydroxylation is 1. The molecule has 0 saturated carbocycles. The van der Waals surface area contributed by atoms with Crippen molar-refractivity contribution in [1.29, 1.82) is 0 Å². The van der Waals surface area contributed by atoms with Crippen molar-refractivity contribution in [3.8, 4) is 0 Å². The highest BCUT2D eigenvalue weighted by Gasteiger charge is 2.54. The molecule has 1 aromatic heterocycles. The highest BCUT2D eigenvalue weighted by atomic mass is 32.2. The minimum atomic E-state index is -4.07. The summed E-state index contributed by atoms with van der Waals surface area (Å²) >= 11 is 0. The van der Waals surface area contributed by atoms with Crippen LogP contribution in [0.4, 0.5) is 5.69 Å². The summed E-state index contributed by atoms with van der Waals surface area (Å²) in [5, 5.41) is 11.2. The normalized spacial score (nSPS) is 18.6. The second kappa shape index (κ2) is 7.16. The third-order valence-electron chi connectivity index (χ3n) is 6.50. The lowest BCUT2D eigenvalue weighted by molar-refractivity contribution is -0.141. The number of carboxylic acids is 1. The molecule has 1 heterocycles. The van der Waals surface area contributed by atoms with E-state index in [1.165, 1.54) is 19.1 Å². The number of benzene rings is 2. The first kappa shape index (κ1) is 20.5. The zero-order chi connectivity index (χ0) is 21.7. The van der Waals surface area contributed by atoms with E-state index in [1.807, 2.05) is 31.1 Å². The number of nitrogens with zero attached hydrogens (tertiary/aromatic N) is 1. The number of hydrogen-bond donors (Lipinski definition) is 2. The van der Waals surface area contributed by atoms with Crippen LogP contribution in [0, 0.1) is 5.92 Å². The van der Waals surface area contributed by atoms with Crippen LogP contribution in [-0.2, 0) is 27.5 Å². The Morgan fingerprint density at radius 1 is 1.17 bits per heavy atom. The van der Waals surface area contributed by atoms with Gasteiger partial charge < -0.3 is 15.0 Å². The van der Waals surface area contributed by atoms with Crippen LogP contribution in [0.3, 0.4) is 0 Å². The zero-order valence-electron chi connectivity index (χ0n) is 17.3. The number of carboxylic acid groups (broad SMARTS) is 1. The van der Waals surface area contributed by atoms with Gasteiger partial charge in [0.15, 0.2) is 14.6 Å². The van der Waals surface area contributed by atoms with Crippen molar-refractivity contribution < 1.29 is 18.3 Å². The Hall–Kier alpha value is -2.80. The van der Waals surface area contributed by atoms with Gasteiger partial charge in [0.1, 0.15) is 0 Å². The van der Waals surface area contributed by atoms with Gasteiger partial charge in [-0.3, -0.25) is 4.79 Å². The van der Waals surface area contributed by atoms with Gasteiger partial charge in [0.25, 0.3) is 0 Å². The fraction of sp³-hybridized carbons (Fsp3) is 0.348. The summed E-state index contributed by atoms with van der Waals surface area (Å²) in [4.78, 5) is 17.8. The SMILES string of the molecule is CN(C)c1ccc2[nH]c3c(c2c1)CCC(C(C)(C(=O)O)S(=O)(=O)c1ccccc1)C3. The van der Waals surface area contributed by atoms with E-state index in [0.717, 1.165) is 27.8 Å². The first-order chi connectivity index (χ1) is 14.2. The van der Waals surface area contributed by atoms with Gasteiger partial charge in [0, 0.05) is 36.4 Å². The van der Waals surface area contributed by atoms with E-state index in [0.29, 0.717) is 19.3 Å². The molecule has 2 N–H and O–H groups in total. The Balaban J connectivity index is 1.76. The van der Waals surface area contributed by atoms with Crippen molar-refractivity contribution in [2.24, 2.45) is 5.92 Å². The maximum Gasteiger partial charge on any atom is 0.325 e. The molecule has 0 amide bonds. The number of H-pyrrole nitrogens is 1. The number of anilines is 1. The second-order valence-electron chi connectivity index (χ2n) is 8.37. The Labute approximate surface area is 176 Å². The average molecular weight is 427 g/mol. The summed E-state index contributed by atoms with van der Waals surface area (Å²) in [7, 11) is -0.0919. The largest absolute Gasteiger partial charge is 0.480 e. The molecule has 1 aliphatic carbocycles. The number of aliphatic carboxylic acids is 1. The van der Waals surface area contributed by atoms with Gasteiger partial charge in [-0.25, -0.2) is 8.42 Å². The predicted octanol–water partition coefficient (Wildman–Crippen LogP) is 3.66. The molecule has 0 bridgehead atoms. The van der Waals surface area contributed by atoms with Crippen LogP contribution in [0.1, 0.15) is 24.6 Å². The quantitative estimate of drug-likeness (QED) is 0.650. The summed E-state index contributed by atoms with van der Waals surface area (Å²) in [5.74, 6) is -1.83. The summed E-state index contributed by atoms with van der Waals surface area (Å²) in [6.07, 6.45) is 1.53. The second-order valence-corrected chi connectivity index (χ2v) is 10.7. The lowest BCUT2D eigenvalue weighted by atomic mass is 9.79. The van der Waals surface area contributed by atoms with Gasteiger partial charge in [-0.2, -0.15) is 0 Å². The fourth-order valence-electron chi connectivity index (χ4n) is 4.52. The van der Waals surface area contributed by atoms with Gasteiger partial charge in [-0.1, -0.05) is 18.2 Å². The number of nitrogens with one attached hydrogen (secondary N) is 1. The van der Waals surface area contributed by atoms with Crippen molar-refractivity contribution in [3.05, 3.63) is 59.8 Å². The van der Waals surface area contributed by atoms with Crippen LogP contribution in [0.15, 0.2) is 53.4 Å². The highest BCUT2D eigenvalue weighted by molar-refractivity contribution is 7.93. The molecule has 1 aliphatic rings. The van der Waals surface area contributed by atoms with Crippen molar-refractivity contribution >= 4 is 32.4 Å². The number of fused-ring (bicyclic) bond motifs is 3. The minimum Gasteiger partial charge on any atom is -0.480 e. The fourth-order valence-corrected chi connectivity index (χ4v) is 6.40. The van der Waals surface area contributed by atoms with E-state index in [1.54, 1.807) is 18.2 Å². The lowest BCUT2D eigenvalue weighted by Gasteiger charge is -2.35. The van der Waals surface area contributed by atoms with Gasteiger partial charge in [-0.05, 0) is 68.0 Å². The van der Waals surface area contributed by atoms with Crippen molar-refractivity contribution in [3.63, 3.8) is 0 Å². The van der Waals surface area contributed by atoms with E-state index < -0.39 is 26.5 Å².